The predicted molar refractivity (Wildman–Crippen MR) is 89.7 cm³/mol. The third-order valence-electron chi connectivity index (χ3n) is 3.90. The van der Waals surface area contributed by atoms with Crippen LogP contribution < -0.4 is 10.6 Å². The fourth-order valence-corrected chi connectivity index (χ4v) is 2.98. The Labute approximate surface area is 129 Å². The summed E-state index contributed by atoms with van der Waals surface area (Å²) < 4.78 is 0. The number of nitrogens with zero attached hydrogens (tertiary/aromatic N) is 4. The monoisotopic (exact) mass is 301 g/mol. The minimum absolute atomic E-state index is 0.559. The van der Waals surface area contributed by atoms with E-state index in [1.165, 1.54) is 10.8 Å². The first-order valence-electron chi connectivity index (χ1n) is 7.13. The van der Waals surface area contributed by atoms with Crippen molar-refractivity contribution in [3.8, 4) is 0 Å². The fraction of sp³-hybridized carbons (Fsp3) is 0.400. The van der Waals surface area contributed by atoms with Crippen LogP contribution in [0.2, 0.25) is 0 Å². The van der Waals surface area contributed by atoms with Gasteiger partial charge in [-0.3, -0.25) is 4.90 Å². The molecule has 0 aliphatic carbocycles. The standard InChI is InChI=1S/C15H19N5S/c1-11-12-4-2-3-5-13(12)15(18-17-11)20-8-6-19(7-9-20)10-14(16)21/h2-5H,6-10H2,1H3,(H2,16,21). The summed E-state index contributed by atoms with van der Waals surface area (Å²) in [6, 6.07) is 8.32. The van der Waals surface area contributed by atoms with Gasteiger partial charge in [-0.1, -0.05) is 36.5 Å². The summed E-state index contributed by atoms with van der Waals surface area (Å²) >= 11 is 4.98. The maximum atomic E-state index is 5.61. The summed E-state index contributed by atoms with van der Waals surface area (Å²) in [7, 11) is 0. The highest BCUT2D eigenvalue weighted by Crippen LogP contribution is 2.26. The van der Waals surface area contributed by atoms with Crippen molar-refractivity contribution in [3.05, 3.63) is 30.0 Å². The molecule has 0 radical (unpaired) electrons. The molecule has 0 amide bonds. The molecule has 0 saturated carbocycles. The summed E-state index contributed by atoms with van der Waals surface area (Å²) in [6.07, 6.45) is 0. The molecule has 2 aromatic rings. The van der Waals surface area contributed by atoms with Gasteiger partial charge in [-0.05, 0) is 6.92 Å². The Balaban J connectivity index is 1.83. The molecule has 0 unspecified atom stereocenters. The zero-order chi connectivity index (χ0) is 14.8. The van der Waals surface area contributed by atoms with Crippen LogP contribution >= 0.6 is 12.2 Å². The molecule has 1 aliphatic heterocycles. The third-order valence-corrected chi connectivity index (χ3v) is 4.03. The molecule has 1 fully saturated rings. The molecule has 6 heteroatoms. The molecule has 0 atom stereocenters. The van der Waals surface area contributed by atoms with Crippen LogP contribution in [0.3, 0.4) is 0 Å². The van der Waals surface area contributed by atoms with Gasteiger partial charge >= 0.3 is 0 Å². The summed E-state index contributed by atoms with van der Waals surface area (Å²) in [4.78, 5) is 5.14. The van der Waals surface area contributed by atoms with Gasteiger partial charge in [0.05, 0.1) is 10.7 Å². The van der Waals surface area contributed by atoms with Gasteiger partial charge in [0, 0.05) is 43.5 Å². The minimum atomic E-state index is 0.559. The van der Waals surface area contributed by atoms with Gasteiger partial charge in [0.2, 0.25) is 0 Å². The largest absolute Gasteiger partial charge is 0.392 e. The van der Waals surface area contributed by atoms with Gasteiger partial charge in [0.1, 0.15) is 0 Å². The Kier molecular flexibility index (Phi) is 3.98. The number of piperazine rings is 1. The van der Waals surface area contributed by atoms with Crippen molar-refractivity contribution in [2.24, 2.45) is 5.73 Å². The van der Waals surface area contributed by atoms with Crippen molar-refractivity contribution in [1.82, 2.24) is 15.1 Å². The van der Waals surface area contributed by atoms with E-state index in [0.29, 0.717) is 11.5 Å². The second-order valence-electron chi connectivity index (χ2n) is 5.38. The number of hydrogen-bond acceptors (Lipinski definition) is 5. The Hall–Kier alpha value is -1.79. The normalized spacial score (nSPS) is 16.3. The summed E-state index contributed by atoms with van der Waals surface area (Å²) in [5, 5.41) is 11.1. The number of aromatic nitrogens is 2. The van der Waals surface area contributed by atoms with Crippen molar-refractivity contribution in [1.29, 1.82) is 0 Å². The van der Waals surface area contributed by atoms with E-state index in [9.17, 15) is 0 Å². The molecular formula is C15H19N5S. The van der Waals surface area contributed by atoms with E-state index in [0.717, 1.165) is 37.7 Å². The summed E-state index contributed by atoms with van der Waals surface area (Å²) in [5.74, 6) is 0.978. The number of aryl methyl sites for hydroxylation is 1. The van der Waals surface area contributed by atoms with E-state index in [4.69, 9.17) is 18.0 Å². The highest BCUT2D eigenvalue weighted by atomic mass is 32.1. The second-order valence-corrected chi connectivity index (χ2v) is 5.91. The smallest absolute Gasteiger partial charge is 0.159 e. The van der Waals surface area contributed by atoms with Crippen LogP contribution in [0.5, 0.6) is 0 Å². The Morgan fingerprint density at radius 2 is 1.81 bits per heavy atom. The zero-order valence-corrected chi connectivity index (χ0v) is 12.9. The van der Waals surface area contributed by atoms with Crippen molar-refractivity contribution in [2.45, 2.75) is 6.92 Å². The van der Waals surface area contributed by atoms with Crippen molar-refractivity contribution >= 4 is 33.8 Å². The molecule has 1 aromatic carbocycles. The van der Waals surface area contributed by atoms with Gasteiger partial charge in [-0.2, -0.15) is 5.10 Å². The van der Waals surface area contributed by atoms with Crippen LogP contribution in [0.4, 0.5) is 5.82 Å². The molecule has 3 rings (SSSR count). The first-order valence-corrected chi connectivity index (χ1v) is 7.53. The number of benzene rings is 1. The van der Waals surface area contributed by atoms with Gasteiger partial charge in [0.15, 0.2) is 5.82 Å². The number of rotatable bonds is 3. The lowest BCUT2D eigenvalue weighted by atomic mass is 10.1. The number of thiocarbonyl (C=S) groups is 1. The molecule has 1 saturated heterocycles. The topological polar surface area (TPSA) is 58.3 Å². The first kappa shape index (κ1) is 14.2. The van der Waals surface area contributed by atoms with E-state index >= 15 is 0 Å². The molecular weight excluding hydrogens is 282 g/mol. The van der Waals surface area contributed by atoms with Crippen molar-refractivity contribution in [2.75, 3.05) is 37.6 Å². The van der Waals surface area contributed by atoms with Crippen LogP contribution in [0.1, 0.15) is 5.69 Å². The maximum Gasteiger partial charge on any atom is 0.159 e. The third kappa shape index (κ3) is 2.96. The Morgan fingerprint density at radius 3 is 2.48 bits per heavy atom. The molecule has 2 N–H and O–H groups in total. The van der Waals surface area contributed by atoms with Gasteiger partial charge in [-0.15, -0.1) is 5.10 Å². The zero-order valence-electron chi connectivity index (χ0n) is 12.1. The van der Waals surface area contributed by atoms with E-state index in [1.807, 2.05) is 13.0 Å². The minimum Gasteiger partial charge on any atom is -0.392 e. The molecule has 1 aromatic heterocycles. The van der Waals surface area contributed by atoms with Crippen LogP contribution in [0.15, 0.2) is 24.3 Å². The predicted octanol–water partition coefficient (Wildman–Crippen LogP) is 1.35. The molecule has 21 heavy (non-hydrogen) atoms. The molecule has 5 nitrogen and oxygen atoms in total. The summed E-state index contributed by atoms with van der Waals surface area (Å²) in [5.41, 5.74) is 6.59. The molecule has 0 spiro atoms. The van der Waals surface area contributed by atoms with Crippen LogP contribution in [0.25, 0.3) is 10.8 Å². The van der Waals surface area contributed by atoms with Crippen molar-refractivity contribution in [3.63, 3.8) is 0 Å². The highest BCUT2D eigenvalue weighted by Gasteiger charge is 2.20. The molecule has 2 heterocycles. The van der Waals surface area contributed by atoms with E-state index < -0.39 is 0 Å². The molecule has 0 bridgehead atoms. The lowest BCUT2D eigenvalue weighted by molar-refractivity contribution is 0.291. The highest BCUT2D eigenvalue weighted by molar-refractivity contribution is 7.80. The van der Waals surface area contributed by atoms with E-state index in [2.05, 4.69) is 38.2 Å². The van der Waals surface area contributed by atoms with E-state index in [1.54, 1.807) is 0 Å². The maximum absolute atomic E-state index is 5.61. The van der Waals surface area contributed by atoms with Crippen LogP contribution in [0, 0.1) is 6.92 Å². The lowest BCUT2D eigenvalue weighted by Gasteiger charge is -2.35. The number of nitrogens with two attached hydrogens (primary N) is 1. The van der Waals surface area contributed by atoms with Gasteiger partial charge in [0.25, 0.3) is 0 Å². The number of fused-ring (bicyclic) bond motifs is 1. The Bertz CT molecular complexity index is 664. The van der Waals surface area contributed by atoms with E-state index in [-0.39, 0.29) is 0 Å². The first-order chi connectivity index (χ1) is 10.1. The number of anilines is 1. The second kappa shape index (κ2) is 5.91. The van der Waals surface area contributed by atoms with Gasteiger partial charge < -0.3 is 10.6 Å². The molecule has 110 valence electrons. The van der Waals surface area contributed by atoms with Gasteiger partial charge in [-0.25, -0.2) is 0 Å². The average molecular weight is 301 g/mol. The Morgan fingerprint density at radius 1 is 1.14 bits per heavy atom. The average Bonchev–Trinajstić information content (AvgIpc) is 2.48. The molecule has 1 aliphatic rings. The van der Waals surface area contributed by atoms with Crippen LogP contribution in [-0.4, -0.2) is 52.8 Å². The number of hydrogen-bond donors (Lipinski definition) is 1. The quantitative estimate of drug-likeness (QED) is 0.864. The fourth-order valence-electron chi connectivity index (χ4n) is 2.80. The van der Waals surface area contributed by atoms with Crippen LogP contribution in [-0.2, 0) is 0 Å². The lowest BCUT2D eigenvalue weighted by Crippen LogP contribution is -2.49. The summed E-state index contributed by atoms with van der Waals surface area (Å²) in [6.45, 7) is 6.43. The SMILES string of the molecule is Cc1nnc(N2CCN(CC(N)=S)CC2)c2ccccc12. The van der Waals surface area contributed by atoms with Crippen molar-refractivity contribution < 1.29 is 0 Å².